The molecule has 1 aromatic heterocycles. The van der Waals surface area contributed by atoms with E-state index in [9.17, 15) is 4.79 Å². The maximum Gasteiger partial charge on any atom is 0.227 e. The number of nitrogens with one attached hydrogen (secondary N) is 2. The van der Waals surface area contributed by atoms with Crippen molar-refractivity contribution in [3.8, 4) is 0 Å². The molecular weight excluding hydrogens is 509 g/mol. The molecule has 3 rings (SSSR count). The fourth-order valence-corrected chi connectivity index (χ4v) is 4.36. The van der Waals surface area contributed by atoms with Gasteiger partial charge in [-0.2, -0.15) is 0 Å². The van der Waals surface area contributed by atoms with Crippen LogP contribution in [0.1, 0.15) is 40.9 Å². The topological polar surface area (TPSA) is 69.6 Å². The number of guanidine groups is 1. The van der Waals surface area contributed by atoms with E-state index in [0.717, 1.165) is 61.2 Å². The number of hydrogen-bond donors (Lipinski definition) is 2. The summed E-state index contributed by atoms with van der Waals surface area (Å²) in [5.41, 5.74) is 3.46. The Morgan fingerprint density at radius 2 is 2.07 bits per heavy atom. The number of carbonyl (C=O) groups is 1. The van der Waals surface area contributed by atoms with E-state index in [1.165, 1.54) is 10.4 Å². The third-order valence-corrected chi connectivity index (χ3v) is 6.19. The van der Waals surface area contributed by atoms with Gasteiger partial charge in [0.05, 0.1) is 10.7 Å². The molecule has 0 fully saturated rings. The van der Waals surface area contributed by atoms with Crippen molar-refractivity contribution in [1.29, 1.82) is 0 Å². The molecule has 2 heterocycles. The zero-order chi connectivity index (χ0) is 20.6. The highest BCUT2D eigenvalue weighted by Gasteiger charge is 2.23. The minimum absolute atomic E-state index is 0. The van der Waals surface area contributed by atoms with Gasteiger partial charge >= 0.3 is 0 Å². The molecule has 6 nitrogen and oxygen atoms in total. The van der Waals surface area contributed by atoms with Crippen molar-refractivity contribution in [3.05, 3.63) is 45.4 Å². The van der Waals surface area contributed by atoms with Gasteiger partial charge in [-0.3, -0.25) is 9.79 Å². The van der Waals surface area contributed by atoms with Crippen LogP contribution in [0, 0.1) is 13.8 Å². The number of aliphatic imine (C=N–C) groups is 1. The largest absolute Gasteiger partial charge is 0.357 e. The van der Waals surface area contributed by atoms with Crippen molar-refractivity contribution in [1.82, 2.24) is 15.6 Å². The molecule has 2 aromatic rings. The molecule has 0 spiro atoms. The summed E-state index contributed by atoms with van der Waals surface area (Å²) in [6, 6.07) is 8.18. The molecule has 0 atom stereocenters. The van der Waals surface area contributed by atoms with Crippen LogP contribution in [0.15, 0.2) is 29.3 Å². The Bertz CT molecular complexity index is 847. The molecule has 1 amide bonds. The van der Waals surface area contributed by atoms with Crippen LogP contribution in [0.25, 0.3) is 0 Å². The Labute approximate surface area is 200 Å². The second-order valence-corrected chi connectivity index (χ2v) is 8.50. The molecule has 0 aliphatic carbocycles. The third kappa shape index (κ3) is 6.66. The Kier molecular flexibility index (Phi) is 10.0. The highest BCUT2D eigenvalue weighted by molar-refractivity contribution is 14.0. The Morgan fingerprint density at radius 1 is 1.27 bits per heavy atom. The molecule has 1 aliphatic heterocycles. The zero-order valence-corrected chi connectivity index (χ0v) is 21.2. The second kappa shape index (κ2) is 12.2. The molecule has 2 N–H and O–H groups in total. The molecule has 0 radical (unpaired) electrons. The summed E-state index contributed by atoms with van der Waals surface area (Å²) in [7, 11) is 0. The number of rotatable bonds is 8. The number of amides is 1. The van der Waals surface area contributed by atoms with E-state index in [1.807, 2.05) is 23.1 Å². The van der Waals surface area contributed by atoms with Crippen LogP contribution in [-0.2, 0) is 17.6 Å². The summed E-state index contributed by atoms with van der Waals surface area (Å²) in [5, 5.41) is 7.79. The van der Waals surface area contributed by atoms with Gasteiger partial charge in [0.2, 0.25) is 5.91 Å². The lowest BCUT2D eigenvalue weighted by Gasteiger charge is -2.17. The van der Waals surface area contributed by atoms with Crippen LogP contribution in [0.5, 0.6) is 0 Å². The van der Waals surface area contributed by atoms with E-state index >= 15 is 0 Å². The number of para-hydroxylation sites is 1. The van der Waals surface area contributed by atoms with Gasteiger partial charge in [-0.25, -0.2) is 4.98 Å². The molecule has 0 saturated heterocycles. The third-order valence-electron chi connectivity index (χ3n) is 5.06. The van der Waals surface area contributed by atoms with Gasteiger partial charge in [0.15, 0.2) is 5.96 Å². The van der Waals surface area contributed by atoms with Crippen LogP contribution < -0.4 is 15.5 Å². The first-order valence-corrected chi connectivity index (χ1v) is 11.2. The van der Waals surface area contributed by atoms with E-state index in [0.29, 0.717) is 13.0 Å². The molecule has 8 heteroatoms. The standard InChI is InChI=1S/C22H31N5OS.HI/c1-4-23-22(25-14-11-20-26-16(2)17(3)29-20)24-13-7-10-21(28)27-15-12-18-8-5-6-9-19(18)27;/h5-6,8-9H,4,7,10-15H2,1-3H3,(H2,23,24,25);1H. The lowest BCUT2D eigenvalue weighted by molar-refractivity contribution is -0.118. The maximum atomic E-state index is 12.6. The van der Waals surface area contributed by atoms with Crippen molar-refractivity contribution in [2.24, 2.45) is 4.99 Å². The van der Waals surface area contributed by atoms with Crippen molar-refractivity contribution in [3.63, 3.8) is 0 Å². The highest BCUT2D eigenvalue weighted by atomic mass is 127. The summed E-state index contributed by atoms with van der Waals surface area (Å²) >= 11 is 1.76. The summed E-state index contributed by atoms with van der Waals surface area (Å²) in [6.45, 7) is 9.24. The molecule has 0 unspecified atom stereocenters. The maximum absolute atomic E-state index is 12.6. The van der Waals surface area contributed by atoms with Gasteiger partial charge in [0, 0.05) is 49.6 Å². The number of nitrogens with zero attached hydrogens (tertiary/aromatic N) is 3. The average Bonchev–Trinajstić information content (AvgIpc) is 3.28. The van der Waals surface area contributed by atoms with Gasteiger partial charge in [0.25, 0.3) is 0 Å². The Morgan fingerprint density at radius 3 is 2.80 bits per heavy atom. The van der Waals surface area contributed by atoms with E-state index in [-0.39, 0.29) is 29.9 Å². The van der Waals surface area contributed by atoms with Crippen LogP contribution >= 0.6 is 35.3 Å². The second-order valence-electron chi connectivity index (χ2n) is 7.21. The molecule has 30 heavy (non-hydrogen) atoms. The number of hydrogen-bond acceptors (Lipinski definition) is 4. The Balaban J connectivity index is 0.00000320. The van der Waals surface area contributed by atoms with Crippen LogP contribution in [0.4, 0.5) is 5.69 Å². The molecule has 1 aliphatic rings. The lowest BCUT2D eigenvalue weighted by atomic mass is 10.2. The molecule has 164 valence electrons. The number of aryl methyl sites for hydroxylation is 2. The predicted octanol–water partition coefficient (Wildman–Crippen LogP) is 3.85. The SMILES string of the molecule is CCNC(=NCCCC(=O)N1CCc2ccccc21)NCCc1nc(C)c(C)s1.I. The summed E-state index contributed by atoms with van der Waals surface area (Å²) < 4.78 is 0. The number of halogens is 1. The van der Waals surface area contributed by atoms with Gasteiger partial charge in [-0.15, -0.1) is 35.3 Å². The summed E-state index contributed by atoms with van der Waals surface area (Å²) in [6.07, 6.45) is 3.11. The van der Waals surface area contributed by atoms with Crippen molar-refractivity contribution < 1.29 is 4.79 Å². The van der Waals surface area contributed by atoms with E-state index < -0.39 is 0 Å². The fourth-order valence-electron chi connectivity index (χ4n) is 3.43. The zero-order valence-electron chi connectivity index (χ0n) is 18.0. The number of carbonyl (C=O) groups excluding carboxylic acids is 1. The van der Waals surface area contributed by atoms with Crippen LogP contribution in [0.2, 0.25) is 0 Å². The van der Waals surface area contributed by atoms with Crippen LogP contribution in [-0.4, -0.2) is 43.0 Å². The predicted molar refractivity (Wildman–Crippen MR) is 136 cm³/mol. The first kappa shape index (κ1) is 24.6. The van der Waals surface area contributed by atoms with E-state index in [4.69, 9.17) is 0 Å². The minimum Gasteiger partial charge on any atom is -0.357 e. The first-order valence-electron chi connectivity index (χ1n) is 10.4. The summed E-state index contributed by atoms with van der Waals surface area (Å²) in [5.74, 6) is 0.995. The minimum atomic E-state index is 0. The lowest BCUT2D eigenvalue weighted by Crippen LogP contribution is -2.38. The van der Waals surface area contributed by atoms with Gasteiger partial charge < -0.3 is 15.5 Å². The summed E-state index contributed by atoms with van der Waals surface area (Å²) in [4.78, 5) is 25.0. The van der Waals surface area contributed by atoms with Crippen molar-refractivity contribution >= 4 is 52.9 Å². The molecule has 1 aromatic carbocycles. The number of aromatic nitrogens is 1. The van der Waals surface area contributed by atoms with Crippen molar-refractivity contribution in [2.75, 3.05) is 31.1 Å². The number of thiazole rings is 1. The number of anilines is 1. The monoisotopic (exact) mass is 541 g/mol. The quantitative estimate of drug-likeness (QED) is 0.231. The van der Waals surface area contributed by atoms with E-state index in [1.54, 1.807) is 11.3 Å². The first-order chi connectivity index (χ1) is 14.1. The fraction of sp³-hybridized carbons (Fsp3) is 0.500. The molecule has 0 saturated carbocycles. The Hall–Kier alpha value is -1.68. The smallest absolute Gasteiger partial charge is 0.227 e. The average molecular weight is 542 g/mol. The van der Waals surface area contributed by atoms with Gasteiger partial charge in [-0.05, 0) is 45.2 Å². The highest BCUT2D eigenvalue weighted by Crippen LogP contribution is 2.28. The number of fused-ring (bicyclic) bond motifs is 1. The van der Waals surface area contributed by atoms with Gasteiger partial charge in [0.1, 0.15) is 0 Å². The molecule has 0 bridgehead atoms. The molecular formula is C22H32IN5OS. The normalized spacial score (nSPS) is 13.0. The van der Waals surface area contributed by atoms with Crippen LogP contribution in [0.3, 0.4) is 0 Å². The number of benzene rings is 1. The van der Waals surface area contributed by atoms with E-state index in [2.05, 4.69) is 47.4 Å². The van der Waals surface area contributed by atoms with Crippen molar-refractivity contribution in [2.45, 2.75) is 46.5 Å². The van der Waals surface area contributed by atoms with Gasteiger partial charge in [-0.1, -0.05) is 18.2 Å².